The first-order chi connectivity index (χ1) is 11.7. The number of ether oxygens (including phenoxy) is 1. The average Bonchev–Trinajstić information content (AvgIpc) is 2.61. The number of rotatable bonds is 5. The molecule has 0 unspecified atom stereocenters. The van der Waals surface area contributed by atoms with Crippen LogP contribution in [0.5, 0.6) is 5.75 Å². The minimum Gasteiger partial charge on any atom is -0.484 e. The molecule has 24 heavy (non-hydrogen) atoms. The van der Waals surface area contributed by atoms with Gasteiger partial charge >= 0.3 is 0 Å². The maximum absolute atomic E-state index is 12.0. The lowest BCUT2D eigenvalue weighted by atomic mass is 10.1. The number of piperidine rings is 1. The lowest BCUT2D eigenvalue weighted by molar-refractivity contribution is -0.118. The summed E-state index contributed by atoms with van der Waals surface area (Å²) in [6.07, 6.45) is 3.83. The van der Waals surface area contributed by atoms with Crippen LogP contribution in [-0.4, -0.2) is 25.6 Å². The van der Waals surface area contributed by atoms with Crippen LogP contribution in [0, 0.1) is 0 Å². The van der Waals surface area contributed by atoms with Gasteiger partial charge in [0.2, 0.25) is 0 Å². The summed E-state index contributed by atoms with van der Waals surface area (Å²) in [5.74, 6) is 0.501. The Labute approximate surface area is 150 Å². The van der Waals surface area contributed by atoms with Crippen molar-refractivity contribution in [3.63, 3.8) is 0 Å². The monoisotopic (exact) mass is 388 g/mol. The first kappa shape index (κ1) is 16.8. The van der Waals surface area contributed by atoms with Crippen LogP contribution in [0.3, 0.4) is 0 Å². The minimum atomic E-state index is -0.166. The Kier molecular flexibility index (Phi) is 5.75. The first-order valence-electron chi connectivity index (χ1n) is 8.24. The van der Waals surface area contributed by atoms with E-state index in [-0.39, 0.29) is 12.5 Å². The molecule has 126 valence electrons. The van der Waals surface area contributed by atoms with Gasteiger partial charge in [-0.05, 0) is 61.7 Å². The van der Waals surface area contributed by atoms with E-state index in [2.05, 4.69) is 38.3 Å². The number of anilines is 2. The molecule has 1 amide bonds. The number of amides is 1. The molecular weight excluding hydrogens is 368 g/mol. The summed E-state index contributed by atoms with van der Waals surface area (Å²) in [5.41, 5.74) is 2.01. The molecule has 1 saturated heterocycles. The van der Waals surface area contributed by atoms with Crippen molar-refractivity contribution in [2.75, 3.05) is 29.9 Å². The Bertz CT molecular complexity index is 682. The summed E-state index contributed by atoms with van der Waals surface area (Å²) < 4.78 is 6.41. The zero-order valence-electron chi connectivity index (χ0n) is 13.5. The number of hydrogen-bond donors (Lipinski definition) is 1. The summed E-state index contributed by atoms with van der Waals surface area (Å²) >= 11 is 3.38. The molecule has 1 aliphatic heterocycles. The molecule has 3 rings (SSSR count). The van der Waals surface area contributed by atoms with Gasteiger partial charge in [-0.2, -0.15) is 0 Å². The van der Waals surface area contributed by atoms with E-state index in [0.29, 0.717) is 5.75 Å². The Morgan fingerprint density at radius 3 is 2.54 bits per heavy atom. The minimum absolute atomic E-state index is 0.00959. The number of nitrogens with one attached hydrogen (secondary N) is 1. The van der Waals surface area contributed by atoms with E-state index in [4.69, 9.17) is 4.74 Å². The highest BCUT2D eigenvalue weighted by molar-refractivity contribution is 9.10. The van der Waals surface area contributed by atoms with E-state index in [0.717, 1.165) is 23.2 Å². The third-order valence-corrected chi connectivity index (χ3v) is 4.53. The van der Waals surface area contributed by atoms with Crippen molar-refractivity contribution < 1.29 is 9.53 Å². The topological polar surface area (TPSA) is 41.6 Å². The highest BCUT2D eigenvalue weighted by atomic mass is 79.9. The Morgan fingerprint density at radius 2 is 1.83 bits per heavy atom. The van der Waals surface area contributed by atoms with Crippen molar-refractivity contribution >= 4 is 33.2 Å². The maximum atomic E-state index is 12.0. The molecule has 0 saturated carbocycles. The van der Waals surface area contributed by atoms with Crippen LogP contribution in [0.1, 0.15) is 19.3 Å². The third-order valence-electron chi connectivity index (χ3n) is 4.04. The van der Waals surface area contributed by atoms with Crippen molar-refractivity contribution in [1.29, 1.82) is 0 Å². The third kappa shape index (κ3) is 4.74. The predicted octanol–water partition coefficient (Wildman–Crippen LogP) is 4.46. The molecule has 0 atom stereocenters. The second-order valence-electron chi connectivity index (χ2n) is 5.89. The van der Waals surface area contributed by atoms with Gasteiger partial charge in [-0.1, -0.05) is 22.0 Å². The van der Waals surface area contributed by atoms with Gasteiger partial charge in [0.25, 0.3) is 5.91 Å². The normalized spacial score (nSPS) is 14.3. The Balaban J connectivity index is 1.50. The number of benzene rings is 2. The van der Waals surface area contributed by atoms with Gasteiger partial charge in [-0.3, -0.25) is 4.79 Å². The molecule has 0 spiro atoms. The summed E-state index contributed by atoms with van der Waals surface area (Å²) in [4.78, 5) is 14.4. The lowest BCUT2D eigenvalue weighted by Crippen LogP contribution is -2.29. The number of hydrogen-bond acceptors (Lipinski definition) is 3. The van der Waals surface area contributed by atoms with Gasteiger partial charge < -0.3 is 15.0 Å². The lowest BCUT2D eigenvalue weighted by Gasteiger charge is -2.28. The van der Waals surface area contributed by atoms with E-state index < -0.39 is 0 Å². The van der Waals surface area contributed by atoms with Crippen LogP contribution in [0.15, 0.2) is 53.0 Å². The SMILES string of the molecule is O=C(COc1cccc(Br)c1)Nc1ccc(N2CCCCC2)cc1. The molecule has 2 aromatic carbocycles. The summed E-state index contributed by atoms with van der Waals surface area (Å²) in [5, 5.41) is 2.86. The second-order valence-corrected chi connectivity index (χ2v) is 6.80. The van der Waals surface area contributed by atoms with Crippen LogP contribution < -0.4 is 15.0 Å². The van der Waals surface area contributed by atoms with Gasteiger partial charge in [0.05, 0.1) is 0 Å². The molecule has 4 nitrogen and oxygen atoms in total. The second kappa shape index (κ2) is 8.20. The van der Waals surface area contributed by atoms with Crippen molar-refractivity contribution in [3.8, 4) is 5.75 Å². The number of halogens is 1. The van der Waals surface area contributed by atoms with Gasteiger partial charge in [0.15, 0.2) is 6.61 Å². The number of nitrogens with zero attached hydrogens (tertiary/aromatic N) is 1. The standard InChI is InChI=1S/C19H21BrN2O2/c20-15-5-4-6-18(13-15)24-14-19(23)21-16-7-9-17(10-8-16)22-11-2-1-3-12-22/h4-10,13H,1-3,11-12,14H2,(H,21,23). The van der Waals surface area contributed by atoms with Gasteiger partial charge in [-0.15, -0.1) is 0 Å². The van der Waals surface area contributed by atoms with E-state index >= 15 is 0 Å². The van der Waals surface area contributed by atoms with Gasteiger partial charge in [-0.25, -0.2) is 0 Å². The van der Waals surface area contributed by atoms with Crippen molar-refractivity contribution in [2.45, 2.75) is 19.3 Å². The molecule has 1 aliphatic rings. The largest absolute Gasteiger partial charge is 0.484 e. The fourth-order valence-electron chi connectivity index (χ4n) is 2.81. The maximum Gasteiger partial charge on any atom is 0.262 e. The van der Waals surface area contributed by atoms with Gasteiger partial charge in [0, 0.05) is 28.9 Å². The van der Waals surface area contributed by atoms with Crippen LogP contribution in [0.2, 0.25) is 0 Å². The molecule has 1 heterocycles. The molecule has 2 aromatic rings. The molecule has 1 N–H and O–H groups in total. The van der Waals surface area contributed by atoms with Crippen LogP contribution >= 0.6 is 15.9 Å². The van der Waals surface area contributed by atoms with Crippen LogP contribution in [-0.2, 0) is 4.79 Å². The number of carbonyl (C=O) groups excluding carboxylic acids is 1. The molecular formula is C19H21BrN2O2. The fraction of sp³-hybridized carbons (Fsp3) is 0.316. The predicted molar refractivity (Wildman–Crippen MR) is 101 cm³/mol. The summed E-state index contributed by atoms with van der Waals surface area (Å²) in [6.45, 7) is 2.22. The quantitative estimate of drug-likeness (QED) is 0.821. The summed E-state index contributed by atoms with van der Waals surface area (Å²) in [7, 11) is 0. The zero-order chi connectivity index (χ0) is 16.8. The highest BCUT2D eigenvalue weighted by Gasteiger charge is 2.11. The molecule has 0 aromatic heterocycles. The molecule has 5 heteroatoms. The average molecular weight is 389 g/mol. The van der Waals surface area contributed by atoms with E-state index in [9.17, 15) is 4.79 Å². The Hall–Kier alpha value is -2.01. The van der Waals surface area contributed by atoms with Crippen molar-refractivity contribution in [1.82, 2.24) is 0 Å². The smallest absolute Gasteiger partial charge is 0.262 e. The number of carbonyl (C=O) groups is 1. The highest BCUT2D eigenvalue weighted by Crippen LogP contribution is 2.22. The van der Waals surface area contributed by atoms with Crippen LogP contribution in [0.4, 0.5) is 11.4 Å². The first-order valence-corrected chi connectivity index (χ1v) is 9.03. The fourth-order valence-corrected chi connectivity index (χ4v) is 3.19. The molecule has 0 aliphatic carbocycles. The van der Waals surface area contributed by atoms with E-state index in [1.54, 1.807) is 0 Å². The Morgan fingerprint density at radius 1 is 1.08 bits per heavy atom. The van der Waals surface area contributed by atoms with Gasteiger partial charge in [0.1, 0.15) is 5.75 Å². The molecule has 1 fully saturated rings. The van der Waals surface area contributed by atoms with Crippen molar-refractivity contribution in [3.05, 3.63) is 53.0 Å². The zero-order valence-corrected chi connectivity index (χ0v) is 15.1. The summed E-state index contributed by atoms with van der Waals surface area (Å²) in [6, 6.07) is 15.5. The van der Waals surface area contributed by atoms with Crippen molar-refractivity contribution in [2.24, 2.45) is 0 Å². The van der Waals surface area contributed by atoms with E-state index in [1.807, 2.05) is 36.4 Å². The van der Waals surface area contributed by atoms with Crippen LogP contribution in [0.25, 0.3) is 0 Å². The van der Waals surface area contributed by atoms with E-state index in [1.165, 1.54) is 24.9 Å². The molecule has 0 bridgehead atoms. The molecule has 0 radical (unpaired) electrons.